The van der Waals surface area contributed by atoms with Crippen molar-refractivity contribution in [1.82, 2.24) is 4.90 Å². The quantitative estimate of drug-likeness (QED) is 0.361. The Kier molecular flexibility index (Phi) is 6.59. The Bertz CT molecular complexity index is 835. The van der Waals surface area contributed by atoms with Crippen molar-refractivity contribution in [3.05, 3.63) is 18.6 Å². The molecule has 1 saturated heterocycles. The van der Waals surface area contributed by atoms with Crippen LogP contribution in [0.4, 0.5) is 0 Å². The number of carbonyl (C=O) groups excluding carboxylic acids is 2. The van der Waals surface area contributed by atoms with Crippen molar-refractivity contribution in [3.63, 3.8) is 0 Å². The number of amides is 1. The molecule has 3 aliphatic carbocycles. The third-order valence-corrected chi connectivity index (χ3v) is 10.2. The van der Waals surface area contributed by atoms with Crippen molar-refractivity contribution < 1.29 is 18.7 Å². The summed E-state index contributed by atoms with van der Waals surface area (Å²) < 4.78 is 10.3. The van der Waals surface area contributed by atoms with Crippen LogP contribution in [-0.4, -0.2) is 29.4 Å². The van der Waals surface area contributed by atoms with Crippen LogP contribution >= 0.6 is 0 Å². The number of likely N-dealkylation sites (tertiary alicyclic amines) is 1. The summed E-state index contributed by atoms with van der Waals surface area (Å²) in [4.78, 5) is 26.7. The minimum absolute atomic E-state index is 0.156. The highest BCUT2D eigenvalue weighted by atomic mass is 16.5. The van der Waals surface area contributed by atoms with E-state index in [9.17, 15) is 9.59 Å². The van der Waals surface area contributed by atoms with Gasteiger partial charge in [-0.25, -0.2) is 0 Å². The van der Waals surface area contributed by atoms with Gasteiger partial charge in [0.05, 0.1) is 6.26 Å². The number of rotatable bonds is 7. The predicted octanol–water partition coefficient (Wildman–Crippen LogP) is 6.23. The summed E-state index contributed by atoms with van der Waals surface area (Å²) in [7, 11) is 0. The highest BCUT2D eigenvalue weighted by Gasteiger charge is 2.57. The number of ether oxygens (including phenoxy) is 1. The average Bonchev–Trinajstić information content (AvgIpc) is 3.43. The molecular formula is C28H41NO4. The molecule has 0 unspecified atom stereocenters. The normalized spacial score (nSPS) is 37.9. The lowest BCUT2D eigenvalue weighted by molar-refractivity contribution is -0.146. The average molecular weight is 456 g/mol. The van der Waals surface area contributed by atoms with Gasteiger partial charge in [-0.2, -0.15) is 0 Å². The molecule has 7 atom stereocenters. The molecule has 4 aliphatic rings. The molecule has 0 radical (unpaired) electrons. The van der Waals surface area contributed by atoms with Gasteiger partial charge in [-0.15, -0.1) is 0 Å². The summed E-state index contributed by atoms with van der Waals surface area (Å²) in [5, 5.41) is 0. The van der Waals surface area contributed by atoms with E-state index in [0.29, 0.717) is 29.5 Å². The smallest absolute Gasteiger partial charge is 0.311 e. The standard InChI is InChI=1S/C28H41NO4/c1-3-29-25-12-9-22-21(23(25)10-13-26(29)30)14-16-28(2)19(8-11-24(22)28)6-4-5-7-27(31)33-20-15-17-32-18-20/h15,17-19,21-25H,3-14,16H2,1-2H3/t19-,21-,22+,23+,24-,25+,28+/m0/s1. The number of unbranched alkanes of at least 4 members (excludes halogenated alkanes) is 1. The van der Waals surface area contributed by atoms with E-state index in [1.807, 2.05) is 0 Å². The van der Waals surface area contributed by atoms with E-state index >= 15 is 0 Å². The van der Waals surface area contributed by atoms with E-state index in [4.69, 9.17) is 9.15 Å². The van der Waals surface area contributed by atoms with Gasteiger partial charge < -0.3 is 14.1 Å². The molecule has 4 fully saturated rings. The van der Waals surface area contributed by atoms with Crippen LogP contribution in [0.2, 0.25) is 0 Å². The molecule has 2 heterocycles. The predicted molar refractivity (Wildman–Crippen MR) is 126 cm³/mol. The van der Waals surface area contributed by atoms with Crippen molar-refractivity contribution in [2.75, 3.05) is 6.54 Å². The Balaban J connectivity index is 1.14. The molecule has 0 spiro atoms. The molecule has 33 heavy (non-hydrogen) atoms. The summed E-state index contributed by atoms with van der Waals surface area (Å²) >= 11 is 0. The molecular weight excluding hydrogens is 414 g/mol. The van der Waals surface area contributed by atoms with E-state index in [1.165, 1.54) is 57.5 Å². The van der Waals surface area contributed by atoms with Gasteiger partial charge in [0.2, 0.25) is 5.91 Å². The van der Waals surface area contributed by atoms with Crippen molar-refractivity contribution in [3.8, 4) is 5.75 Å². The zero-order valence-corrected chi connectivity index (χ0v) is 20.5. The number of nitrogens with zero attached hydrogens (tertiary/aromatic N) is 1. The van der Waals surface area contributed by atoms with E-state index < -0.39 is 0 Å². The van der Waals surface area contributed by atoms with Crippen LogP contribution < -0.4 is 4.74 Å². The van der Waals surface area contributed by atoms with Gasteiger partial charge in [-0.05, 0) is 99.7 Å². The molecule has 182 valence electrons. The fourth-order valence-electron chi connectivity index (χ4n) is 8.68. The zero-order valence-electron chi connectivity index (χ0n) is 20.5. The maximum atomic E-state index is 12.5. The van der Waals surface area contributed by atoms with Crippen LogP contribution in [0.25, 0.3) is 0 Å². The minimum Gasteiger partial charge on any atom is -0.469 e. The minimum atomic E-state index is -0.156. The Hall–Kier alpha value is -1.78. The summed E-state index contributed by atoms with van der Waals surface area (Å²) in [6, 6.07) is 2.19. The SMILES string of the molecule is CCN1C(=O)CC[C@@H]2[C@H]3CC[C@]4(C)[C@@H](CCCCC(=O)Oc5ccoc5)CC[C@H]4[C@@H]3CC[C@H]21. The summed E-state index contributed by atoms with van der Waals surface area (Å²) in [6.45, 7) is 5.63. The molecule has 3 saturated carbocycles. The van der Waals surface area contributed by atoms with Gasteiger partial charge >= 0.3 is 5.97 Å². The number of fused-ring (bicyclic) bond motifs is 5. The van der Waals surface area contributed by atoms with Crippen molar-refractivity contribution in [1.29, 1.82) is 0 Å². The van der Waals surface area contributed by atoms with Crippen LogP contribution in [0.15, 0.2) is 23.0 Å². The zero-order chi connectivity index (χ0) is 23.0. The third-order valence-electron chi connectivity index (χ3n) is 10.2. The maximum Gasteiger partial charge on any atom is 0.311 e. The topological polar surface area (TPSA) is 59.8 Å². The van der Waals surface area contributed by atoms with Crippen molar-refractivity contribution in [2.24, 2.45) is 35.0 Å². The summed E-state index contributed by atoms with van der Waals surface area (Å²) in [5.74, 6) is 4.84. The Labute approximate surface area is 198 Å². The molecule has 1 amide bonds. The lowest BCUT2D eigenvalue weighted by atomic mass is 9.51. The summed E-state index contributed by atoms with van der Waals surface area (Å²) in [5.41, 5.74) is 0.472. The number of esters is 1. The first-order valence-electron chi connectivity index (χ1n) is 13.5. The molecule has 1 aliphatic heterocycles. The number of hydrogen-bond donors (Lipinski definition) is 0. The first-order valence-corrected chi connectivity index (χ1v) is 13.5. The fourth-order valence-corrected chi connectivity index (χ4v) is 8.68. The molecule has 1 aromatic heterocycles. The van der Waals surface area contributed by atoms with E-state index in [2.05, 4.69) is 18.7 Å². The lowest BCUT2D eigenvalue weighted by Crippen LogP contribution is -2.56. The third kappa shape index (κ3) is 4.25. The largest absolute Gasteiger partial charge is 0.469 e. The van der Waals surface area contributed by atoms with Crippen molar-refractivity contribution in [2.45, 2.75) is 96.9 Å². The van der Waals surface area contributed by atoms with Gasteiger partial charge in [-0.1, -0.05) is 13.3 Å². The molecule has 1 aromatic rings. The highest BCUT2D eigenvalue weighted by molar-refractivity contribution is 5.77. The van der Waals surface area contributed by atoms with E-state index in [0.717, 1.165) is 61.8 Å². The van der Waals surface area contributed by atoms with Gasteiger partial charge in [0.25, 0.3) is 0 Å². The molecule has 0 bridgehead atoms. The maximum absolute atomic E-state index is 12.5. The molecule has 0 N–H and O–H groups in total. The highest BCUT2D eigenvalue weighted by Crippen LogP contribution is 2.64. The first-order chi connectivity index (χ1) is 16.0. The molecule has 5 rings (SSSR count). The number of piperidine rings is 1. The monoisotopic (exact) mass is 455 g/mol. The van der Waals surface area contributed by atoms with Gasteiger partial charge in [-0.3, -0.25) is 9.59 Å². The number of carbonyl (C=O) groups is 2. The van der Waals surface area contributed by atoms with E-state index in [-0.39, 0.29) is 5.97 Å². The van der Waals surface area contributed by atoms with Crippen LogP contribution in [0.1, 0.15) is 90.9 Å². The van der Waals surface area contributed by atoms with Gasteiger partial charge in [0, 0.05) is 31.5 Å². The Morgan fingerprint density at radius 3 is 2.79 bits per heavy atom. The molecule has 5 heteroatoms. The molecule has 5 nitrogen and oxygen atoms in total. The van der Waals surface area contributed by atoms with Crippen LogP contribution in [0.3, 0.4) is 0 Å². The second-order valence-electron chi connectivity index (χ2n) is 11.5. The van der Waals surface area contributed by atoms with Crippen molar-refractivity contribution >= 4 is 11.9 Å². The summed E-state index contributed by atoms with van der Waals surface area (Å²) in [6.07, 6.45) is 16.6. The van der Waals surface area contributed by atoms with Gasteiger partial charge in [0.1, 0.15) is 6.26 Å². The Morgan fingerprint density at radius 2 is 2.00 bits per heavy atom. The fraction of sp³-hybridized carbons (Fsp3) is 0.786. The Morgan fingerprint density at radius 1 is 1.12 bits per heavy atom. The number of hydrogen-bond acceptors (Lipinski definition) is 4. The first kappa shape index (κ1) is 23.0. The second kappa shape index (κ2) is 9.46. The van der Waals surface area contributed by atoms with E-state index in [1.54, 1.807) is 6.07 Å². The van der Waals surface area contributed by atoms with Crippen LogP contribution in [0.5, 0.6) is 5.75 Å². The number of furan rings is 1. The molecule has 0 aromatic carbocycles. The lowest BCUT2D eigenvalue weighted by Gasteiger charge is -2.57. The van der Waals surface area contributed by atoms with Crippen LogP contribution in [-0.2, 0) is 9.59 Å². The van der Waals surface area contributed by atoms with Gasteiger partial charge in [0.15, 0.2) is 5.75 Å². The van der Waals surface area contributed by atoms with Crippen LogP contribution in [0, 0.1) is 35.0 Å². The second-order valence-corrected chi connectivity index (χ2v) is 11.5.